The maximum absolute atomic E-state index is 13.1. The summed E-state index contributed by atoms with van der Waals surface area (Å²) in [7, 11) is -3.58. The lowest BCUT2D eigenvalue weighted by Crippen LogP contribution is -2.35. The summed E-state index contributed by atoms with van der Waals surface area (Å²) in [4.78, 5) is 13.2. The van der Waals surface area contributed by atoms with Crippen molar-refractivity contribution in [2.45, 2.75) is 31.1 Å². The van der Waals surface area contributed by atoms with E-state index >= 15 is 0 Å². The van der Waals surface area contributed by atoms with Gasteiger partial charge in [-0.3, -0.25) is 4.79 Å². The molecule has 35 heavy (non-hydrogen) atoms. The Bertz CT molecular complexity index is 1450. The number of nitrogens with zero attached hydrogens (tertiary/aromatic N) is 1. The van der Waals surface area contributed by atoms with Gasteiger partial charge in [-0.2, -0.15) is 4.31 Å². The number of aryl methyl sites for hydroxylation is 1. The molecule has 7 nitrogen and oxygen atoms in total. The first-order chi connectivity index (χ1) is 16.9. The number of piperidine rings is 1. The van der Waals surface area contributed by atoms with Crippen molar-refractivity contribution in [2.75, 3.05) is 18.4 Å². The third-order valence-electron chi connectivity index (χ3n) is 6.16. The number of furan rings is 1. The van der Waals surface area contributed by atoms with E-state index < -0.39 is 15.9 Å². The lowest BCUT2D eigenvalue weighted by molar-refractivity contribution is 0.0998. The van der Waals surface area contributed by atoms with Gasteiger partial charge in [0.2, 0.25) is 10.0 Å². The van der Waals surface area contributed by atoms with Crippen molar-refractivity contribution < 1.29 is 22.4 Å². The molecule has 0 aliphatic carbocycles. The van der Waals surface area contributed by atoms with Gasteiger partial charge in [-0.15, -0.1) is 0 Å². The predicted octanol–water partition coefficient (Wildman–Crippen LogP) is 5.96. The Balaban J connectivity index is 1.34. The van der Waals surface area contributed by atoms with Gasteiger partial charge in [0.15, 0.2) is 5.76 Å². The zero-order chi connectivity index (χ0) is 24.4. The third-order valence-corrected chi connectivity index (χ3v) is 8.05. The van der Waals surface area contributed by atoms with Crippen molar-refractivity contribution in [3.8, 4) is 11.5 Å². The van der Waals surface area contributed by atoms with Crippen LogP contribution in [0.15, 0.2) is 82.1 Å². The Morgan fingerprint density at radius 3 is 2.31 bits per heavy atom. The van der Waals surface area contributed by atoms with Crippen LogP contribution in [0.25, 0.3) is 11.0 Å². The fourth-order valence-corrected chi connectivity index (χ4v) is 5.79. The highest BCUT2D eigenvalue weighted by Crippen LogP contribution is 2.30. The molecule has 2 heterocycles. The Labute approximate surface area is 204 Å². The zero-order valence-electron chi connectivity index (χ0n) is 19.4. The van der Waals surface area contributed by atoms with Crippen LogP contribution in [0.5, 0.6) is 11.5 Å². The highest BCUT2D eigenvalue weighted by molar-refractivity contribution is 7.89. The molecule has 1 fully saturated rings. The van der Waals surface area contributed by atoms with E-state index in [-0.39, 0.29) is 10.7 Å². The van der Waals surface area contributed by atoms with Crippen molar-refractivity contribution in [2.24, 2.45) is 0 Å². The molecule has 1 aromatic heterocycles. The topological polar surface area (TPSA) is 88.8 Å². The molecule has 0 unspecified atom stereocenters. The second-order valence-electron chi connectivity index (χ2n) is 8.57. The van der Waals surface area contributed by atoms with E-state index in [1.54, 1.807) is 49.4 Å². The molecule has 0 atom stereocenters. The first kappa shape index (κ1) is 23.1. The molecule has 1 aliphatic rings. The summed E-state index contributed by atoms with van der Waals surface area (Å²) in [5.74, 6) is 1.12. The van der Waals surface area contributed by atoms with Gasteiger partial charge in [0.1, 0.15) is 17.1 Å². The van der Waals surface area contributed by atoms with Gasteiger partial charge in [-0.05, 0) is 74.4 Å². The minimum Gasteiger partial charge on any atom is -0.457 e. The Kier molecular flexibility index (Phi) is 6.32. The fraction of sp³-hybridized carbons (Fsp3) is 0.222. The minimum absolute atomic E-state index is 0.150. The summed E-state index contributed by atoms with van der Waals surface area (Å²) in [5, 5.41) is 3.44. The first-order valence-corrected chi connectivity index (χ1v) is 13.0. The number of nitrogens with one attached hydrogen (secondary N) is 1. The Hall–Kier alpha value is -3.62. The van der Waals surface area contributed by atoms with Crippen LogP contribution in [0, 0.1) is 6.92 Å². The van der Waals surface area contributed by atoms with Crippen LogP contribution in [0.4, 0.5) is 5.69 Å². The molecular formula is C27H26N2O5S. The summed E-state index contributed by atoms with van der Waals surface area (Å²) in [5.41, 5.74) is 1.65. The molecule has 0 spiro atoms. The number of sulfonamides is 1. The van der Waals surface area contributed by atoms with Crippen LogP contribution in [0.3, 0.4) is 0 Å². The zero-order valence-corrected chi connectivity index (χ0v) is 20.2. The molecule has 1 aliphatic heterocycles. The van der Waals surface area contributed by atoms with Crippen LogP contribution in [0.2, 0.25) is 0 Å². The van der Waals surface area contributed by atoms with Crippen molar-refractivity contribution >= 4 is 32.6 Å². The largest absolute Gasteiger partial charge is 0.457 e. The average Bonchev–Trinajstić information content (AvgIpc) is 3.22. The van der Waals surface area contributed by atoms with Crippen molar-refractivity contribution in [1.29, 1.82) is 0 Å². The van der Waals surface area contributed by atoms with Gasteiger partial charge in [0, 0.05) is 29.7 Å². The number of benzene rings is 3. The fourth-order valence-electron chi connectivity index (χ4n) is 4.25. The molecular weight excluding hydrogens is 464 g/mol. The maximum atomic E-state index is 13.1. The summed E-state index contributed by atoms with van der Waals surface area (Å²) in [6, 6.07) is 21.2. The smallest absolute Gasteiger partial charge is 0.291 e. The summed E-state index contributed by atoms with van der Waals surface area (Å²) < 4.78 is 39.3. The van der Waals surface area contributed by atoms with Crippen LogP contribution in [0.1, 0.15) is 35.4 Å². The number of fused-ring (bicyclic) bond motifs is 1. The molecule has 0 saturated carbocycles. The SMILES string of the molecule is Cc1c(C(=O)Nc2ccc(Oc3ccccc3)cc2)oc2ccc(S(=O)(=O)N3CCCCC3)cc12. The van der Waals surface area contributed by atoms with Gasteiger partial charge in [0.05, 0.1) is 4.90 Å². The molecule has 1 N–H and O–H groups in total. The molecule has 3 aromatic carbocycles. The van der Waals surface area contributed by atoms with Gasteiger partial charge in [-0.1, -0.05) is 24.6 Å². The van der Waals surface area contributed by atoms with Crippen molar-refractivity contribution in [1.82, 2.24) is 4.31 Å². The molecule has 0 bridgehead atoms. The Morgan fingerprint density at radius 1 is 0.914 bits per heavy atom. The van der Waals surface area contributed by atoms with E-state index in [4.69, 9.17) is 9.15 Å². The number of anilines is 1. The van der Waals surface area contributed by atoms with Gasteiger partial charge >= 0.3 is 0 Å². The van der Waals surface area contributed by atoms with Crippen LogP contribution in [-0.2, 0) is 10.0 Å². The number of hydrogen-bond acceptors (Lipinski definition) is 5. The number of para-hydroxylation sites is 1. The molecule has 1 saturated heterocycles. The summed E-state index contributed by atoms with van der Waals surface area (Å²) >= 11 is 0. The number of carbonyl (C=O) groups excluding carboxylic acids is 1. The number of carbonyl (C=O) groups is 1. The second kappa shape index (κ2) is 9.56. The molecule has 180 valence electrons. The van der Waals surface area contributed by atoms with E-state index in [0.717, 1.165) is 25.0 Å². The van der Waals surface area contributed by atoms with Gasteiger partial charge in [0.25, 0.3) is 5.91 Å². The average molecular weight is 491 g/mol. The van der Waals surface area contributed by atoms with E-state index in [1.807, 2.05) is 30.3 Å². The summed E-state index contributed by atoms with van der Waals surface area (Å²) in [6.07, 6.45) is 2.79. The van der Waals surface area contributed by atoms with E-state index in [9.17, 15) is 13.2 Å². The summed E-state index contributed by atoms with van der Waals surface area (Å²) in [6.45, 7) is 2.83. The van der Waals surface area contributed by atoms with Crippen LogP contribution >= 0.6 is 0 Å². The van der Waals surface area contributed by atoms with E-state index in [1.165, 1.54) is 4.31 Å². The normalized spacial score (nSPS) is 14.7. The number of amides is 1. The molecule has 8 heteroatoms. The van der Waals surface area contributed by atoms with Crippen LogP contribution < -0.4 is 10.1 Å². The Morgan fingerprint density at radius 2 is 1.60 bits per heavy atom. The second-order valence-corrected chi connectivity index (χ2v) is 10.5. The molecule has 5 rings (SSSR count). The first-order valence-electron chi connectivity index (χ1n) is 11.6. The van der Waals surface area contributed by atoms with E-state index in [0.29, 0.717) is 41.1 Å². The van der Waals surface area contributed by atoms with Crippen LogP contribution in [-0.4, -0.2) is 31.7 Å². The minimum atomic E-state index is -3.58. The van der Waals surface area contributed by atoms with E-state index in [2.05, 4.69) is 5.32 Å². The lowest BCUT2D eigenvalue weighted by Gasteiger charge is -2.25. The van der Waals surface area contributed by atoms with Gasteiger partial charge < -0.3 is 14.5 Å². The number of hydrogen-bond donors (Lipinski definition) is 1. The molecule has 1 amide bonds. The third kappa shape index (κ3) is 4.80. The standard InChI is InChI=1S/C27H26N2O5S/c1-19-24-18-23(35(31,32)29-16-6-3-7-17-29)14-15-25(24)34-26(19)27(30)28-20-10-12-22(13-11-20)33-21-8-4-2-5-9-21/h2,4-5,8-15,18H,3,6-7,16-17H2,1H3,(H,28,30). The monoisotopic (exact) mass is 490 g/mol. The predicted molar refractivity (Wildman–Crippen MR) is 134 cm³/mol. The molecule has 0 radical (unpaired) electrons. The van der Waals surface area contributed by atoms with Gasteiger partial charge in [-0.25, -0.2) is 8.42 Å². The highest BCUT2D eigenvalue weighted by atomic mass is 32.2. The highest BCUT2D eigenvalue weighted by Gasteiger charge is 2.27. The quantitative estimate of drug-likeness (QED) is 0.360. The molecule has 4 aromatic rings. The maximum Gasteiger partial charge on any atom is 0.291 e. The number of ether oxygens (including phenoxy) is 1. The van der Waals surface area contributed by atoms with Crippen molar-refractivity contribution in [3.63, 3.8) is 0 Å². The number of rotatable bonds is 6. The van der Waals surface area contributed by atoms with Crippen molar-refractivity contribution in [3.05, 3.63) is 84.1 Å². The lowest BCUT2D eigenvalue weighted by atomic mass is 10.1.